The Labute approximate surface area is 72.2 Å². The van der Waals surface area contributed by atoms with Crippen molar-refractivity contribution in [2.24, 2.45) is 5.18 Å². The van der Waals surface area contributed by atoms with Crippen molar-refractivity contribution in [2.45, 2.75) is 19.4 Å². The first-order chi connectivity index (χ1) is 5.81. The molecule has 4 nitrogen and oxygen atoms in total. The zero-order valence-corrected chi connectivity index (χ0v) is 7.27. The summed E-state index contributed by atoms with van der Waals surface area (Å²) in [6.45, 7) is 2.54. The van der Waals surface area contributed by atoms with E-state index in [1.165, 1.54) is 0 Å². The minimum atomic E-state index is 0.0581. The van der Waals surface area contributed by atoms with E-state index in [-0.39, 0.29) is 19.3 Å². The first-order valence-corrected chi connectivity index (χ1v) is 3.97. The lowest BCUT2D eigenvalue weighted by molar-refractivity contribution is 0.0741. The van der Waals surface area contributed by atoms with Gasteiger partial charge in [0.25, 0.3) is 0 Å². The Balaban J connectivity index is 3.26. The van der Waals surface area contributed by atoms with Gasteiger partial charge >= 0.3 is 0 Å². The molecule has 70 valence electrons. The fraction of sp³-hybridized carbons (Fsp3) is 0.750. The van der Waals surface area contributed by atoms with Crippen LogP contribution in [-0.2, 0) is 4.74 Å². The molecular weight excluding hydrogens is 158 g/mol. The SMILES string of the molecule is CC(CC=CCO)OCCN=O. The molecule has 0 saturated heterocycles. The van der Waals surface area contributed by atoms with Gasteiger partial charge in [0.1, 0.15) is 6.54 Å². The van der Waals surface area contributed by atoms with Crippen LogP contribution in [0.4, 0.5) is 0 Å². The Morgan fingerprint density at radius 1 is 1.58 bits per heavy atom. The van der Waals surface area contributed by atoms with Gasteiger partial charge in [0.05, 0.1) is 19.3 Å². The first kappa shape index (κ1) is 11.3. The topological polar surface area (TPSA) is 58.9 Å². The summed E-state index contributed by atoms with van der Waals surface area (Å²) in [5.41, 5.74) is 0. The molecule has 0 bridgehead atoms. The Morgan fingerprint density at radius 3 is 2.92 bits per heavy atom. The van der Waals surface area contributed by atoms with Crippen LogP contribution in [0.25, 0.3) is 0 Å². The van der Waals surface area contributed by atoms with E-state index in [0.29, 0.717) is 6.61 Å². The van der Waals surface area contributed by atoms with Crippen LogP contribution in [0.15, 0.2) is 17.3 Å². The highest BCUT2D eigenvalue weighted by molar-refractivity contribution is 4.82. The van der Waals surface area contributed by atoms with Crippen LogP contribution in [0.3, 0.4) is 0 Å². The summed E-state index contributed by atoms with van der Waals surface area (Å²) in [7, 11) is 0. The van der Waals surface area contributed by atoms with Crippen LogP contribution in [0.1, 0.15) is 13.3 Å². The van der Waals surface area contributed by atoms with Gasteiger partial charge in [0.15, 0.2) is 0 Å². The lowest BCUT2D eigenvalue weighted by Gasteiger charge is -2.08. The number of hydrogen-bond donors (Lipinski definition) is 1. The molecule has 1 N–H and O–H groups in total. The standard InChI is InChI=1S/C8H15NO3/c1-8(4-2-3-6-10)12-7-5-9-11/h2-3,8,10H,4-7H2,1H3. The van der Waals surface area contributed by atoms with E-state index in [1.54, 1.807) is 6.08 Å². The highest BCUT2D eigenvalue weighted by atomic mass is 16.5. The molecule has 0 aliphatic rings. The lowest BCUT2D eigenvalue weighted by atomic mass is 10.2. The highest BCUT2D eigenvalue weighted by Gasteiger charge is 1.97. The number of nitrogens with zero attached hydrogens (tertiary/aromatic N) is 1. The molecule has 0 aromatic heterocycles. The quantitative estimate of drug-likeness (QED) is 0.356. The van der Waals surface area contributed by atoms with Crippen molar-refractivity contribution >= 4 is 0 Å². The lowest BCUT2D eigenvalue weighted by Crippen LogP contribution is -2.09. The van der Waals surface area contributed by atoms with Gasteiger partial charge < -0.3 is 9.84 Å². The molecule has 12 heavy (non-hydrogen) atoms. The molecule has 0 aliphatic carbocycles. The van der Waals surface area contributed by atoms with E-state index in [1.807, 2.05) is 13.0 Å². The van der Waals surface area contributed by atoms with Gasteiger partial charge in [0, 0.05) is 0 Å². The minimum Gasteiger partial charge on any atom is -0.392 e. The molecule has 0 heterocycles. The summed E-state index contributed by atoms with van der Waals surface area (Å²) in [4.78, 5) is 9.67. The zero-order chi connectivity index (χ0) is 9.23. The number of aliphatic hydroxyl groups excluding tert-OH is 1. The van der Waals surface area contributed by atoms with Crippen LogP contribution in [0, 0.1) is 4.91 Å². The molecule has 0 aromatic carbocycles. The Morgan fingerprint density at radius 2 is 2.33 bits per heavy atom. The van der Waals surface area contributed by atoms with Crippen LogP contribution < -0.4 is 0 Å². The summed E-state index contributed by atoms with van der Waals surface area (Å²) in [5.74, 6) is 0. The average Bonchev–Trinajstić information content (AvgIpc) is 2.06. The molecule has 0 radical (unpaired) electrons. The van der Waals surface area contributed by atoms with Crippen molar-refractivity contribution in [2.75, 3.05) is 19.8 Å². The molecule has 4 heteroatoms. The van der Waals surface area contributed by atoms with Gasteiger partial charge in [-0.1, -0.05) is 17.3 Å². The summed E-state index contributed by atoms with van der Waals surface area (Å²) in [6, 6.07) is 0. The Bertz CT molecular complexity index is 136. The molecule has 0 spiro atoms. The maximum Gasteiger partial charge on any atom is 0.104 e. The van der Waals surface area contributed by atoms with Crippen molar-refractivity contribution in [3.63, 3.8) is 0 Å². The highest BCUT2D eigenvalue weighted by Crippen LogP contribution is 1.97. The monoisotopic (exact) mass is 173 g/mol. The van der Waals surface area contributed by atoms with Gasteiger partial charge in [0.2, 0.25) is 0 Å². The second-order valence-corrected chi connectivity index (χ2v) is 2.42. The molecule has 0 aliphatic heterocycles. The number of aliphatic hydroxyl groups is 1. The maximum atomic E-state index is 9.67. The first-order valence-electron chi connectivity index (χ1n) is 3.97. The van der Waals surface area contributed by atoms with Crippen molar-refractivity contribution in [1.82, 2.24) is 0 Å². The van der Waals surface area contributed by atoms with Crippen molar-refractivity contribution in [3.8, 4) is 0 Å². The average molecular weight is 173 g/mol. The van der Waals surface area contributed by atoms with E-state index in [0.717, 1.165) is 6.42 Å². The minimum absolute atomic E-state index is 0.0581. The summed E-state index contributed by atoms with van der Waals surface area (Å²) in [5, 5.41) is 11.1. The summed E-state index contributed by atoms with van der Waals surface area (Å²) in [6.07, 6.45) is 4.34. The summed E-state index contributed by atoms with van der Waals surface area (Å²) >= 11 is 0. The van der Waals surface area contributed by atoms with Crippen molar-refractivity contribution < 1.29 is 9.84 Å². The van der Waals surface area contributed by atoms with Crippen molar-refractivity contribution in [3.05, 3.63) is 17.1 Å². The number of hydrogen-bond acceptors (Lipinski definition) is 4. The molecule has 1 unspecified atom stereocenters. The van der Waals surface area contributed by atoms with Crippen LogP contribution in [-0.4, -0.2) is 31.0 Å². The molecule has 0 amide bonds. The third kappa shape index (κ3) is 7.37. The predicted molar refractivity (Wildman–Crippen MR) is 46.9 cm³/mol. The fourth-order valence-corrected chi connectivity index (χ4v) is 0.722. The smallest absolute Gasteiger partial charge is 0.104 e. The number of nitroso groups, excluding NO2 is 1. The Kier molecular flexibility index (Phi) is 7.84. The molecule has 0 aromatic rings. The van der Waals surface area contributed by atoms with E-state index in [9.17, 15) is 4.91 Å². The third-order valence-electron chi connectivity index (χ3n) is 1.33. The number of rotatable bonds is 7. The van der Waals surface area contributed by atoms with Gasteiger partial charge in [-0.05, 0) is 13.3 Å². The molecule has 0 saturated carbocycles. The second-order valence-electron chi connectivity index (χ2n) is 2.42. The number of ether oxygens (including phenoxy) is 1. The molecule has 1 atom stereocenters. The van der Waals surface area contributed by atoms with Gasteiger partial charge in [-0.2, -0.15) is 4.91 Å². The van der Waals surface area contributed by atoms with Crippen LogP contribution >= 0.6 is 0 Å². The van der Waals surface area contributed by atoms with Crippen LogP contribution in [0.5, 0.6) is 0 Å². The second kappa shape index (κ2) is 8.36. The van der Waals surface area contributed by atoms with E-state index >= 15 is 0 Å². The summed E-state index contributed by atoms with van der Waals surface area (Å²) < 4.78 is 5.20. The van der Waals surface area contributed by atoms with E-state index < -0.39 is 0 Å². The van der Waals surface area contributed by atoms with E-state index in [2.05, 4.69) is 5.18 Å². The fourth-order valence-electron chi connectivity index (χ4n) is 0.722. The largest absolute Gasteiger partial charge is 0.392 e. The normalized spacial score (nSPS) is 13.5. The van der Waals surface area contributed by atoms with E-state index in [4.69, 9.17) is 9.84 Å². The van der Waals surface area contributed by atoms with Gasteiger partial charge in [-0.3, -0.25) is 0 Å². The maximum absolute atomic E-state index is 9.67. The van der Waals surface area contributed by atoms with Gasteiger partial charge in [-0.25, -0.2) is 0 Å². The third-order valence-corrected chi connectivity index (χ3v) is 1.33. The van der Waals surface area contributed by atoms with Crippen molar-refractivity contribution in [1.29, 1.82) is 0 Å². The van der Waals surface area contributed by atoms with Gasteiger partial charge in [-0.15, -0.1) is 0 Å². The Hall–Kier alpha value is -0.740. The molecular formula is C8H15NO3. The zero-order valence-electron chi connectivity index (χ0n) is 7.27. The van der Waals surface area contributed by atoms with Crippen LogP contribution in [0.2, 0.25) is 0 Å². The molecule has 0 rings (SSSR count). The molecule has 0 fully saturated rings. The predicted octanol–water partition coefficient (Wildman–Crippen LogP) is 1.10.